The van der Waals surface area contributed by atoms with Crippen LogP contribution < -0.4 is 0 Å². The Kier molecular flexibility index (Phi) is 41.6. The van der Waals surface area contributed by atoms with E-state index in [1.165, 1.54) is 0 Å². The van der Waals surface area contributed by atoms with Crippen molar-refractivity contribution in [3.63, 3.8) is 0 Å². The number of hydrogen-bond acceptors (Lipinski definition) is 9. The molecule has 1 heterocycles. The summed E-state index contributed by atoms with van der Waals surface area (Å²) in [5, 5.41) is 40.2. The van der Waals surface area contributed by atoms with Gasteiger partial charge in [-0.1, -0.05) is 172 Å². The maximum Gasteiger partial charge on any atom is 0.306 e. The fraction of sp³-hybridized carbons (Fsp3) is 0.526. The second-order valence-corrected chi connectivity index (χ2v) is 15.8. The van der Waals surface area contributed by atoms with E-state index in [2.05, 4.69) is 172 Å². The number of ether oxygens (including phenoxy) is 4. The van der Waals surface area contributed by atoms with Crippen LogP contribution in [0.25, 0.3) is 0 Å². The Hall–Kier alpha value is -4.19. The van der Waals surface area contributed by atoms with Crippen LogP contribution in [0.5, 0.6) is 0 Å². The lowest BCUT2D eigenvalue weighted by Gasteiger charge is -2.39. The molecule has 0 aromatic heterocycles. The van der Waals surface area contributed by atoms with E-state index in [4.69, 9.17) is 18.9 Å². The van der Waals surface area contributed by atoms with Gasteiger partial charge in [0.1, 0.15) is 30.5 Å². The first-order valence-corrected chi connectivity index (χ1v) is 24.6. The average Bonchev–Trinajstić information content (AvgIpc) is 3.32. The molecule has 6 unspecified atom stereocenters. The number of unbranched alkanes of at least 4 members (excludes halogenated alkanes) is 2. The lowest BCUT2D eigenvalue weighted by atomic mass is 9.99. The third kappa shape index (κ3) is 36.0. The molecule has 0 aromatic carbocycles. The number of carbonyl (C=O) groups is 1. The van der Waals surface area contributed by atoms with E-state index in [0.29, 0.717) is 13.0 Å². The maximum atomic E-state index is 12.8. The monoisotopic (exact) mass is 915 g/mol. The molecule has 1 aliphatic heterocycles. The summed E-state index contributed by atoms with van der Waals surface area (Å²) in [5.74, 6) is -0.399. The molecule has 9 nitrogen and oxygen atoms in total. The van der Waals surface area contributed by atoms with Gasteiger partial charge < -0.3 is 39.4 Å². The number of aliphatic hydroxyl groups excluding tert-OH is 4. The topological polar surface area (TPSA) is 135 Å². The highest BCUT2D eigenvalue weighted by atomic mass is 16.7. The molecule has 1 rings (SSSR count). The molecule has 1 fully saturated rings. The fourth-order valence-electron chi connectivity index (χ4n) is 6.20. The summed E-state index contributed by atoms with van der Waals surface area (Å²) in [6.07, 6.45) is 64.3. The SMILES string of the molecule is CC/C=C\C/C=C\C/C=C\C/C=C\C/C=C\C/C=C\C/C=C\CCCC(=O)OC(COCCC/C=C\C/C=C\C/C=C\C/C=C\C/C=C\C/C=C\CC)COC1OC(CO)C(O)C(O)C1O. The van der Waals surface area contributed by atoms with Crippen molar-refractivity contribution in [2.75, 3.05) is 26.4 Å². The molecule has 6 atom stereocenters. The zero-order valence-corrected chi connectivity index (χ0v) is 40.4. The second kappa shape index (κ2) is 45.9. The van der Waals surface area contributed by atoms with E-state index < -0.39 is 49.4 Å². The molecule has 0 bridgehead atoms. The van der Waals surface area contributed by atoms with Crippen LogP contribution in [0.4, 0.5) is 0 Å². The second-order valence-electron chi connectivity index (χ2n) is 15.8. The van der Waals surface area contributed by atoms with Crippen LogP contribution in [0.2, 0.25) is 0 Å². The standard InChI is InChI=1S/C57H86O9/c1-3-5-7-9-11-13-15-17-19-21-23-25-26-27-28-30-32-34-36-38-40-42-44-46-53(59)65-51(50-64-57-56(62)55(61)54(60)52(48-58)66-57)49-63-47-45-43-41-39-37-35-33-31-29-24-22-20-18-16-14-12-10-8-6-4-2/h5-8,11-14,17-20,23-25,27-29,32-35,38-41,51-52,54-58,60-62H,3-4,9-10,15-16,21-22,26,30-31,36-37,42-50H2,1-2H3/b7-5-,8-6-,13-11-,14-12-,19-17-,20-18-,25-23-,28-27-,29-24-,34-32-,35-33-,40-38-,41-39-. The Balaban J connectivity index is 2.36. The third-order valence-corrected chi connectivity index (χ3v) is 9.94. The van der Waals surface area contributed by atoms with Crippen LogP contribution in [0.15, 0.2) is 158 Å². The Labute approximate surface area is 399 Å². The fourth-order valence-corrected chi connectivity index (χ4v) is 6.20. The van der Waals surface area contributed by atoms with E-state index in [0.717, 1.165) is 103 Å². The van der Waals surface area contributed by atoms with Crippen molar-refractivity contribution in [1.29, 1.82) is 0 Å². The van der Waals surface area contributed by atoms with E-state index in [1.807, 2.05) is 0 Å². The highest BCUT2D eigenvalue weighted by Gasteiger charge is 2.44. The van der Waals surface area contributed by atoms with Crippen molar-refractivity contribution in [2.45, 2.75) is 166 Å². The summed E-state index contributed by atoms with van der Waals surface area (Å²) in [5.41, 5.74) is 0. The van der Waals surface area contributed by atoms with Gasteiger partial charge in [-0.3, -0.25) is 4.79 Å². The number of carbonyl (C=O) groups excluding carboxylic acids is 1. The summed E-state index contributed by atoms with van der Waals surface area (Å²) in [4.78, 5) is 12.8. The molecule has 0 aromatic rings. The predicted molar refractivity (Wildman–Crippen MR) is 274 cm³/mol. The van der Waals surface area contributed by atoms with Gasteiger partial charge in [0.15, 0.2) is 6.29 Å². The summed E-state index contributed by atoms with van der Waals surface area (Å²) < 4.78 is 22.7. The number of rotatable bonds is 39. The molecule has 0 aliphatic carbocycles. The molecule has 368 valence electrons. The van der Waals surface area contributed by atoms with Crippen molar-refractivity contribution >= 4 is 5.97 Å². The van der Waals surface area contributed by atoms with Gasteiger partial charge in [0.2, 0.25) is 0 Å². The number of allylic oxidation sites excluding steroid dienone is 26. The summed E-state index contributed by atoms with van der Waals surface area (Å²) in [7, 11) is 0. The molecule has 1 saturated heterocycles. The lowest BCUT2D eigenvalue weighted by molar-refractivity contribution is -0.305. The van der Waals surface area contributed by atoms with Crippen LogP contribution in [0.1, 0.15) is 129 Å². The molecule has 0 radical (unpaired) electrons. The molecule has 0 spiro atoms. The molecule has 9 heteroatoms. The first-order chi connectivity index (χ1) is 32.4. The molecule has 0 amide bonds. The van der Waals surface area contributed by atoms with Gasteiger partial charge in [-0.2, -0.15) is 0 Å². The van der Waals surface area contributed by atoms with Crippen molar-refractivity contribution in [1.82, 2.24) is 0 Å². The van der Waals surface area contributed by atoms with Gasteiger partial charge in [0, 0.05) is 13.0 Å². The normalized spacial score (nSPS) is 20.7. The number of hydrogen-bond donors (Lipinski definition) is 4. The van der Waals surface area contributed by atoms with Gasteiger partial charge in [-0.15, -0.1) is 0 Å². The quantitative estimate of drug-likeness (QED) is 0.0270. The van der Waals surface area contributed by atoms with Crippen LogP contribution in [0.3, 0.4) is 0 Å². The van der Waals surface area contributed by atoms with Crippen LogP contribution in [0, 0.1) is 0 Å². The summed E-state index contributed by atoms with van der Waals surface area (Å²) >= 11 is 0. The van der Waals surface area contributed by atoms with E-state index in [9.17, 15) is 25.2 Å². The number of esters is 1. The van der Waals surface area contributed by atoms with Crippen LogP contribution in [-0.4, -0.2) is 89.6 Å². The van der Waals surface area contributed by atoms with Gasteiger partial charge in [0.25, 0.3) is 0 Å². The highest BCUT2D eigenvalue weighted by Crippen LogP contribution is 2.22. The van der Waals surface area contributed by atoms with E-state index in [-0.39, 0.29) is 19.6 Å². The summed E-state index contributed by atoms with van der Waals surface area (Å²) in [6.45, 7) is 4.06. The van der Waals surface area contributed by atoms with Gasteiger partial charge in [0.05, 0.1) is 19.8 Å². The molecule has 4 N–H and O–H groups in total. The zero-order valence-electron chi connectivity index (χ0n) is 40.4. The Bertz CT molecular complexity index is 1550. The van der Waals surface area contributed by atoms with Crippen molar-refractivity contribution in [3.05, 3.63) is 158 Å². The predicted octanol–water partition coefficient (Wildman–Crippen LogP) is 12.0. The minimum atomic E-state index is -1.57. The minimum Gasteiger partial charge on any atom is -0.457 e. The van der Waals surface area contributed by atoms with Gasteiger partial charge in [-0.25, -0.2) is 0 Å². The lowest BCUT2D eigenvalue weighted by Crippen LogP contribution is -2.59. The van der Waals surface area contributed by atoms with Crippen molar-refractivity contribution in [2.24, 2.45) is 0 Å². The van der Waals surface area contributed by atoms with E-state index in [1.54, 1.807) is 0 Å². The largest absolute Gasteiger partial charge is 0.457 e. The Morgan fingerprint density at radius 1 is 0.485 bits per heavy atom. The molecule has 0 saturated carbocycles. The average molecular weight is 915 g/mol. The van der Waals surface area contributed by atoms with Crippen molar-refractivity contribution in [3.8, 4) is 0 Å². The maximum absolute atomic E-state index is 12.8. The first-order valence-electron chi connectivity index (χ1n) is 24.6. The highest BCUT2D eigenvalue weighted by molar-refractivity contribution is 5.69. The Morgan fingerprint density at radius 2 is 0.848 bits per heavy atom. The molecule has 66 heavy (non-hydrogen) atoms. The third-order valence-electron chi connectivity index (χ3n) is 9.94. The molecular formula is C57H86O9. The Morgan fingerprint density at radius 3 is 1.23 bits per heavy atom. The zero-order chi connectivity index (χ0) is 47.8. The number of aliphatic hydroxyl groups is 4. The molecule has 1 aliphatic rings. The van der Waals surface area contributed by atoms with E-state index >= 15 is 0 Å². The van der Waals surface area contributed by atoms with Crippen LogP contribution in [-0.2, 0) is 23.7 Å². The summed E-state index contributed by atoms with van der Waals surface area (Å²) in [6, 6.07) is 0. The van der Waals surface area contributed by atoms with Crippen LogP contribution >= 0.6 is 0 Å². The van der Waals surface area contributed by atoms with Gasteiger partial charge in [-0.05, 0) is 109 Å². The first kappa shape index (κ1) is 59.8. The van der Waals surface area contributed by atoms with Gasteiger partial charge >= 0.3 is 5.97 Å². The smallest absolute Gasteiger partial charge is 0.306 e. The molecular weight excluding hydrogens is 829 g/mol. The van der Waals surface area contributed by atoms with Crippen molar-refractivity contribution < 1.29 is 44.2 Å². The minimum absolute atomic E-state index is 0.0682.